The van der Waals surface area contributed by atoms with Crippen LogP contribution in [0.5, 0.6) is 0 Å². The second-order valence-corrected chi connectivity index (χ2v) is 12.6. The Balaban J connectivity index is 1.28. The SMILES string of the molecule is C[C@H]1C[C@@H]2[C@H]([C@@H](O)C[C@@]3(C)[C@H]2CC[C@]3(O)C(=O)COC(=O)OCc2ccccc2[N+](=O)[O-])[C@@]2(C)CCC(=O)C=C12. The number of carbonyl (C=O) groups is 3. The Labute approximate surface area is 232 Å². The molecule has 4 aliphatic carbocycles. The lowest BCUT2D eigenvalue weighted by molar-refractivity contribution is -0.385. The first-order valence-corrected chi connectivity index (χ1v) is 14.0. The summed E-state index contributed by atoms with van der Waals surface area (Å²) in [5.74, 6) is -0.355. The predicted octanol–water partition coefficient (Wildman–Crippen LogP) is 4.30. The van der Waals surface area contributed by atoms with E-state index in [2.05, 4.69) is 13.8 Å². The molecule has 1 aromatic carbocycles. The molecule has 8 atom stereocenters. The third kappa shape index (κ3) is 4.36. The van der Waals surface area contributed by atoms with E-state index in [1.54, 1.807) is 12.1 Å². The summed E-state index contributed by atoms with van der Waals surface area (Å²) >= 11 is 0. The molecule has 10 nitrogen and oxygen atoms in total. The van der Waals surface area contributed by atoms with E-state index in [-0.39, 0.29) is 59.0 Å². The predicted molar refractivity (Wildman–Crippen MR) is 142 cm³/mol. The van der Waals surface area contributed by atoms with E-state index < -0.39 is 47.2 Å². The Morgan fingerprint density at radius 3 is 2.62 bits per heavy atom. The van der Waals surface area contributed by atoms with Gasteiger partial charge in [0.15, 0.2) is 12.4 Å². The van der Waals surface area contributed by atoms with Crippen molar-refractivity contribution in [3.8, 4) is 0 Å². The molecule has 216 valence electrons. The number of para-hydroxylation sites is 1. The number of aliphatic hydroxyl groups excluding tert-OH is 1. The maximum absolute atomic E-state index is 13.4. The summed E-state index contributed by atoms with van der Waals surface area (Å²) in [6.45, 7) is 5.02. The van der Waals surface area contributed by atoms with E-state index >= 15 is 0 Å². The molecular formula is C30H37NO9. The number of benzene rings is 1. The van der Waals surface area contributed by atoms with Crippen LogP contribution in [0.2, 0.25) is 0 Å². The van der Waals surface area contributed by atoms with Crippen molar-refractivity contribution < 1.29 is 39.0 Å². The molecule has 0 spiro atoms. The van der Waals surface area contributed by atoms with Crippen molar-refractivity contribution in [2.24, 2.45) is 34.5 Å². The zero-order valence-electron chi connectivity index (χ0n) is 23.1. The van der Waals surface area contributed by atoms with Crippen molar-refractivity contribution in [3.63, 3.8) is 0 Å². The number of nitro benzene ring substituents is 1. The van der Waals surface area contributed by atoms with Crippen LogP contribution in [0, 0.1) is 44.6 Å². The third-order valence-corrected chi connectivity index (χ3v) is 10.7. The number of aliphatic hydroxyl groups is 2. The highest BCUT2D eigenvalue weighted by atomic mass is 16.7. The molecule has 0 heterocycles. The van der Waals surface area contributed by atoms with E-state index in [9.17, 15) is 34.7 Å². The summed E-state index contributed by atoms with van der Waals surface area (Å²) in [4.78, 5) is 48.5. The number of ether oxygens (including phenoxy) is 2. The minimum Gasteiger partial charge on any atom is -0.429 e. The first-order chi connectivity index (χ1) is 18.8. The van der Waals surface area contributed by atoms with Gasteiger partial charge >= 0.3 is 6.16 Å². The lowest BCUT2D eigenvalue weighted by Gasteiger charge is -2.61. The lowest BCUT2D eigenvalue weighted by Crippen LogP contribution is -2.62. The number of carbonyl (C=O) groups excluding carboxylic acids is 3. The first kappa shape index (κ1) is 28.4. The van der Waals surface area contributed by atoms with Gasteiger partial charge < -0.3 is 19.7 Å². The van der Waals surface area contributed by atoms with E-state index in [1.165, 1.54) is 18.2 Å². The number of rotatable bonds is 6. The fourth-order valence-corrected chi connectivity index (χ4v) is 8.82. The summed E-state index contributed by atoms with van der Waals surface area (Å²) in [7, 11) is 0. The quantitative estimate of drug-likeness (QED) is 0.297. The number of hydrogen-bond acceptors (Lipinski definition) is 9. The standard InChI is InChI=1S/C30H37NO9/c1-17-12-20-21-9-11-30(36,25(34)16-40-27(35)39-15-18-6-4-5-7-23(18)31(37)38)29(21,3)14-24(33)26(20)28(2)10-8-19(32)13-22(17)28/h4-7,13,17,20-21,24,26,33,36H,8-12,14-16H2,1-3H3/t17-,20-,21-,24-,26+,28-,29-,30-/m0/s1. The monoisotopic (exact) mass is 555 g/mol. The van der Waals surface area contributed by atoms with Crippen LogP contribution in [-0.2, 0) is 25.7 Å². The van der Waals surface area contributed by atoms with Gasteiger partial charge in [-0.05, 0) is 73.3 Å². The molecule has 1 aromatic rings. The van der Waals surface area contributed by atoms with Crippen molar-refractivity contribution >= 4 is 23.4 Å². The molecule has 2 N–H and O–H groups in total. The Bertz CT molecular complexity index is 1280. The molecule has 0 saturated heterocycles. The van der Waals surface area contributed by atoms with Gasteiger partial charge in [-0.25, -0.2) is 4.79 Å². The van der Waals surface area contributed by atoms with Crippen LogP contribution < -0.4 is 0 Å². The van der Waals surface area contributed by atoms with Crippen molar-refractivity contribution in [2.75, 3.05) is 6.61 Å². The average molecular weight is 556 g/mol. The molecule has 0 aromatic heterocycles. The van der Waals surface area contributed by atoms with Crippen LogP contribution in [0.3, 0.4) is 0 Å². The minimum absolute atomic E-state index is 0.0149. The Hall–Kier alpha value is -3.11. The summed E-state index contributed by atoms with van der Waals surface area (Å²) in [5.41, 5.74) is -1.91. The van der Waals surface area contributed by atoms with Crippen molar-refractivity contribution in [1.29, 1.82) is 0 Å². The Kier molecular flexibility index (Phi) is 7.15. The van der Waals surface area contributed by atoms with Crippen LogP contribution in [0.15, 0.2) is 35.9 Å². The number of hydrogen-bond donors (Lipinski definition) is 2. The van der Waals surface area contributed by atoms with Crippen LogP contribution in [0.1, 0.15) is 64.9 Å². The van der Waals surface area contributed by atoms with Gasteiger partial charge in [0.2, 0.25) is 5.78 Å². The highest BCUT2D eigenvalue weighted by Gasteiger charge is 2.68. The fourth-order valence-electron chi connectivity index (χ4n) is 8.82. The number of allylic oxidation sites excluding steroid dienone is 1. The molecule has 0 amide bonds. The molecule has 3 fully saturated rings. The number of Topliss-reactive ketones (excluding diaryl/α,β-unsaturated/α-hetero) is 1. The van der Waals surface area contributed by atoms with Crippen molar-refractivity contribution in [2.45, 2.75) is 77.6 Å². The largest absolute Gasteiger partial charge is 0.509 e. The Morgan fingerprint density at radius 1 is 1.18 bits per heavy atom. The topological polar surface area (TPSA) is 153 Å². The second-order valence-electron chi connectivity index (χ2n) is 12.6. The molecule has 0 aliphatic heterocycles. The van der Waals surface area contributed by atoms with Gasteiger partial charge in [-0.2, -0.15) is 0 Å². The first-order valence-electron chi connectivity index (χ1n) is 14.0. The van der Waals surface area contributed by atoms with E-state index in [4.69, 9.17) is 9.47 Å². The summed E-state index contributed by atoms with van der Waals surface area (Å²) in [6.07, 6.45) is 2.81. The molecule has 10 heteroatoms. The zero-order valence-corrected chi connectivity index (χ0v) is 23.1. The lowest BCUT2D eigenvalue weighted by atomic mass is 9.44. The molecule has 3 saturated carbocycles. The van der Waals surface area contributed by atoms with Gasteiger partial charge in [0.05, 0.1) is 16.6 Å². The van der Waals surface area contributed by atoms with Crippen molar-refractivity contribution in [1.82, 2.24) is 0 Å². The molecule has 0 radical (unpaired) electrons. The minimum atomic E-state index is -1.79. The highest BCUT2D eigenvalue weighted by molar-refractivity contribution is 5.92. The van der Waals surface area contributed by atoms with Crippen LogP contribution in [0.25, 0.3) is 0 Å². The van der Waals surface area contributed by atoms with E-state index in [0.29, 0.717) is 19.3 Å². The van der Waals surface area contributed by atoms with Crippen LogP contribution in [-0.4, -0.2) is 51.2 Å². The van der Waals surface area contributed by atoms with Gasteiger partial charge in [-0.15, -0.1) is 0 Å². The number of fused-ring (bicyclic) bond motifs is 5. The molecule has 5 rings (SSSR count). The second kappa shape index (κ2) is 10.1. The summed E-state index contributed by atoms with van der Waals surface area (Å²) < 4.78 is 10.0. The van der Waals surface area contributed by atoms with E-state index in [1.807, 2.05) is 6.92 Å². The summed E-state index contributed by atoms with van der Waals surface area (Å²) in [6, 6.07) is 5.83. The van der Waals surface area contributed by atoms with Crippen LogP contribution in [0.4, 0.5) is 10.5 Å². The number of nitro groups is 1. The normalized spacial score (nSPS) is 38.4. The van der Waals surface area contributed by atoms with Gasteiger partial charge in [0, 0.05) is 17.9 Å². The maximum Gasteiger partial charge on any atom is 0.509 e. The molecule has 0 bridgehead atoms. The maximum atomic E-state index is 13.4. The fraction of sp³-hybridized carbons (Fsp3) is 0.633. The Morgan fingerprint density at radius 2 is 1.90 bits per heavy atom. The van der Waals surface area contributed by atoms with Gasteiger partial charge in [0.1, 0.15) is 12.2 Å². The van der Waals surface area contributed by atoms with Crippen molar-refractivity contribution in [3.05, 3.63) is 51.6 Å². The number of nitrogens with zero attached hydrogens (tertiary/aromatic N) is 1. The van der Waals surface area contributed by atoms with Gasteiger partial charge in [-0.1, -0.05) is 38.5 Å². The van der Waals surface area contributed by atoms with Crippen LogP contribution >= 0.6 is 0 Å². The van der Waals surface area contributed by atoms with E-state index in [0.717, 1.165) is 12.0 Å². The molecule has 4 aliphatic rings. The molecule has 0 unspecified atom stereocenters. The molecule has 40 heavy (non-hydrogen) atoms. The average Bonchev–Trinajstić information content (AvgIpc) is 3.17. The smallest absolute Gasteiger partial charge is 0.429 e. The van der Waals surface area contributed by atoms with Gasteiger partial charge in [-0.3, -0.25) is 19.7 Å². The zero-order chi connectivity index (χ0) is 29.0. The third-order valence-electron chi connectivity index (χ3n) is 10.7. The highest BCUT2D eigenvalue weighted by Crippen LogP contribution is 2.68. The molecular weight excluding hydrogens is 518 g/mol. The summed E-state index contributed by atoms with van der Waals surface area (Å²) in [5, 5.41) is 34.5. The van der Waals surface area contributed by atoms with Gasteiger partial charge in [0.25, 0.3) is 5.69 Å². The number of ketones is 2.